The van der Waals surface area contributed by atoms with E-state index in [4.69, 9.17) is 10.5 Å². The van der Waals surface area contributed by atoms with Crippen LogP contribution in [0.15, 0.2) is 36.4 Å². The Morgan fingerprint density at radius 3 is 2.53 bits per heavy atom. The fourth-order valence-corrected chi connectivity index (χ4v) is 0.908. The number of hydrogen-bond donors (Lipinski definition) is 1. The van der Waals surface area contributed by atoms with Gasteiger partial charge in [0.2, 0.25) is 0 Å². The molecule has 5 heteroatoms. The van der Waals surface area contributed by atoms with Gasteiger partial charge in [-0.2, -0.15) is 0 Å². The van der Waals surface area contributed by atoms with Crippen LogP contribution in [-0.4, -0.2) is 18.1 Å². The monoisotopic (exact) mass is 208 g/mol. The Morgan fingerprint density at radius 1 is 1.47 bits per heavy atom. The van der Waals surface area contributed by atoms with Crippen LogP contribution in [-0.2, 0) is 0 Å². The van der Waals surface area contributed by atoms with Gasteiger partial charge in [-0.15, -0.1) is 0 Å². The van der Waals surface area contributed by atoms with Crippen molar-refractivity contribution in [3.8, 4) is 5.75 Å². The second kappa shape index (κ2) is 5.11. The fraction of sp³-hybridized carbons (Fsp3) is 0.200. The van der Waals surface area contributed by atoms with Gasteiger partial charge in [-0.3, -0.25) is 10.1 Å². The number of nitrogens with zero attached hydrogens (tertiary/aromatic N) is 1. The van der Waals surface area contributed by atoms with Crippen molar-refractivity contribution in [2.24, 2.45) is 5.73 Å². The molecular formula is C10H12N2O3. The van der Waals surface area contributed by atoms with E-state index in [0.717, 1.165) is 5.57 Å². The third-order valence-corrected chi connectivity index (χ3v) is 1.78. The maximum atomic E-state index is 10.4. The van der Waals surface area contributed by atoms with E-state index in [-0.39, 0.29) is 5.69 Å². The second-order valence-corrected chi connectivity index (χ2v) is 2.99. The molecule has 2 N–H and O–H groups in total. The Hall–Kier alpha value is -1.88. The lowest BCUT2D eigenvalue weighted by Gasteiger charge is -2.06. The minimum atomic E-state index is -0.456. The van der Waals surface area contributed by atoms with E-state index >= 15 is 0 Å². The Bertz CT molecular complexity index is 359. The zero-order valence-electron chi connectivity index (χ0n) is 8.18. The number of nitro benzene ring substituents is 1. The molecule has 5 nitrogen and oxygen atoms in total. The van der Waals surface area contributed by atoms with E-state index in [1.165, 1.54) is 12.1 Å². The van der Waals surface area contributed by atoms with Gasteiger partial charge < -0.3 is 10.5 Å². The zero-order valence-corrected chi connectivity index (χ0v) is 8.18. The number of rotatable bonds is 5. The number of nitro groups is 1. The van der Waals surface area contributed by atoms with E-state index in [0.29, 0.717) is 18.9 Å². The predicted molar refractivity (Wildman–Crippen MR) is 56.8 cm³/mol. The molecule has 0 unspecified atom stereocenters. The van der Waals surface area contributed by atoms with Gasteiger partial charge >= 0.3 is 0 Å². The predicted octanol–water partition coefficient (Wildman–Crippen LogP) is 1.49. The maximum absolute atomic E-state index is 10.4. The first-order valence-corrected chi connectivity index (χ1v) is 4.37. The fourth-order valence-electron chi connectivity index (χ4n) is 0.908. The minimum Gasteiger partial charge on any atom is -0.489 e. The summed E-state index contributed by atoms with van der Waals surface area (Å²) in [5.41, 5.74) is 6.14. The Kier molecular flexibility index (Phi) is 3.82. The first-order chi connectivity index (χ1) is 7.13. The van der Waals surface area contributed by atoms with Gasteiger partial charge in [0.1, 0.15) is 12.4 Å². The van der Waals surface area contributed by atoms with Gasteiger partial charge in [0.05, 0.1) is 4.92 Å². The second-order valence-electron chi connectivity index (χ2n) is 2.99. The SMILES string of the molecule is C=C(CN)COc1ccc([N+](=O)[O-])cc1. The smallest absolute Gasteiger partial charge is 0.269 e. The average Bonchev–Trinajstić information content (AvgIpc) is 2.26. The molecule has 0 bridgehead atoms. The van der Waals surface area contributed by atoms with Crippen molar-refractivity contribution in [3.05, 3.63) is 46.5 Å². The molecule has 1 aromatic carbocycles. The van der Waals surface area contributed by atoms with Crippen LogP contribution in [0.1, 0.15) is 0 Å². The van der Waals surface area contributed by atoms with Gasteiger partial charge in [-0.25, -0.2) is 0 Å². The first-order valence-electron chi connectivity index (χ1n) is 4.37. The molecule has 1 rings (SSSR count). The third kappa shape index (κ3) is 3.40. The summed E-state index contributed by atoms with van der Waals surface area (Å²) in [6.07, 6.45) is 0. The molecule has 0 amide bonds. The van der Waals surface area contributed by atoms with Crippen molar-refractivity contribution in [2.75, 3.05) is 13.2 Å². The quantitative estimate of drug-likeness (QED) is 0.451. The number of non-ortho nitro benzene ring substituents is 1. The van der Waals surface area contributed by atoms with E-state index in [1.807, 2.05) is 0 Å². The van der Waals surface area contributed by atoms with Gasteiger partial charge in [0, 0.05) is 18.7 Å². The van der Waals surface area contributed by atoms with Crippen molar-refractivity contribution in [1.82, 2.24) is 0 Å². The van der Waals surface area contributed by atoms with E-state index in [1.54, 1.807) is 12.1 Å². The summed E-state index contributed by atoms with van der Waals surface area (Å²) in [4.78, 5) is 9.90. The van der Waals surface area contributed by atoms with Crippen LogP contribution in [0.3, 0.4) is 0 Å². The van der Waals surface area contributed by atoms with Crippen LogP contribution in [0.2, 0.25) is 0 Å². The van der Waals surface area contributed by atoms with Gasteiger partial charge in [0.25, 0.3) is 5.69 Å². The zero-order chi connectivity index (χ0) is 11.3. The number of benzene rings is 1. The minimum absolute atomic E-state index is 0.0417. The molecule has 0 aromatic heterocycles. The molecule has 80 valence electrons. The van der Waals surface area contributed by atoms with Crippen molar-refractivity contribution in [1.29, 1.82) is 0 Å². The van der Waals surface area contributed by atoms with E-state index in [2.05, 4.69) is 6.58 Å². The highest BCUT2D eigenvalue weighted by molar-refractivity contribution is 5.36. The van der Waals surface area contributed by atoms with Gasteiger partial charge in [0.15, 0.2) is 0 Å². The highest BCUT2D eigenvalue weighted by Gasteiger charge is 2.04. The molecule has 0 saturated carbocycles. The standard InChI is InChI=1S/C10H12N2O3/c1-8(6-11)7-15-10-4-2-9(3-5-10)12(13)14/h2-5H,1,6-7,11H2. The van der Waals surface area contributed by atoms with Crippen LogP contribution in [0.25, 0.3) is 0 Å². The van der Waals surface area contributed by atoms with Crippen LogP contribution in [0.5, 0.6) is 5.75 Å². The number of ether oxygens (including phenoxy) is 1. The summed E-state index contributed by atoms with van der Waals surface area (Å²) in [6, 6.07) is 5.87. The molecule has 1 aromatic rings. The summed E-state index contributed by atoms with van der Waals surface area (Å²) >= 11 is 0. The third-order valence-electron chi connectivity index (χ3n) is 1.78. The molecule has 0 saturated heterocycles. The van der Waals surface area contributed by atoms with Crippen molar-refractivity contribution >= 4 is 5.69 Å². The summed E-state index contributed by atoms with van der Waals surface area (Å²) < 4.78 is 5.29. The molecular weight excluding hydrogens is 196 g/mol. The number of hydrogen-bond acceptors (Lipinski definition) is 4. The Balaban J connectivity index is 2.57. The highest BCUT2D eigenvalue weighted by atomic mass is 16.6. The van der Waals surface area contributed by atoms with Crippen LogP contribution in [0.4, 0.5) is 5.69 Å². The van der Waals surface area contributed by atoms with Gasteiger partial charge in [-0.05, 0) is 17.7 Å². The average molecular weight is 208 g/mol. The molecule has 0 radical (unpaired) electrons. The molecule has 0 fully saturated rings. The normalized spacial score (nSPS) is 9.67. The van der Waals surface area contributed by atoms with Crippen LogP contribution < -0.4 is 10.5 Å². The lowest BCUT2D eigenvalue weighted by Crippen LogP contribution is -2.09. The topological polar surface area (TPSA) is 78.4 Å². The lowest BCUT2D eigenvalue weighted by molar-refractivity contribution is -0.384. The molecule has 0 atom stereocenters. The Morgan fingerprint density at radius 2 is 2.07 bits per heavy atom. The molecule has 0 spiro atoms. The highest BCUT2D eigenvalue weighted by Crippen LogP contribution is 2.17. The molecule has 0 aliphatic carbocycles. The summed E-state index contributed by atoms with van der Waals surface area (Å²) in [5.74, 6) is 0.565. The van der Waals surface area contributed by atoms with E-state index in [9.17, 15) is 10.1 Å². The molecule has 0 aliphatic heterocycles. The summed E-state index contributed by atoms with van der Waals surface area (Å²) in [5, 5.41) is 10.4. The summed E-state index contributed by atoms with van der Waals surface area (Å²) in [7, 11) is 0. The van der Waals surface area contributed by atoms with Crippen LogP contribution in [0, 0.1) is 10.1 Å². The van der Waals surface area contributed by atoms with Crippen LogP contribution >= 0.6 is 0 Å². The molecule has 0 heterocycles. The van der Waals surface area contributed by atoms with Crippen molar-refractivity contribution in [3.63, 3.8) is 0 Å². The van der Waals surface area contributed by atoms with Crippen molar-refractivity contribution in [2.45, 2.75) is 0 Å². The first kappa shape index (κ1) is 11.2. The van der Waals surface area contributed by atoms with Gasteiger partial charge in [-0.1, -0.05) is 6.58 Å². The largest absolute Gasteiger partial charge is 0.489 e. The molecule has 15 heavy (non-hydrogen) atoms. The number of nitrogens with two attached hydrogens (primary N) is 1. The summed E-state index contributed by atoms with van der Waals surface area (Å²) in [6.45, 7) is 4.37. The van der Waals surface area contributed by atoms with E-state index < -0.39 is 4.92 Å². The Labute approximate surface area is 87.3 Å². The lowest BCUT2D eigenvalue weighted by atomic mass is 10.3. The molecule has 0 aliphatic rings. The van der Waals surface area contributed by atoms with Crippen molar-refractivity contribution < 1.29 is 9.66 Å². The maximum Gasteiger partial charge on any atom is 0.269 e.